The van der Waals surface area contributed by atoms with Crippen LogP contribution in [0.2, 0.25) is 5.02 Å². The van der Waals surface area contributed by atoms with Crippen LogP contribution >= 0.6 is 11.6 Å². The Hall–Kier alpha value is -2.79. The molecule has 0 N–H and O–H groups in total. The van der Waals surface area contributed by atoms with E-state index >= 15 is 0 Å². The van der Waals surface area contributed by atoms with Crippen LogP contribution in [0.15, 0.2) is 52.9 Å². The van der Waals surface area contributed by atoms with Crippen molar-refractivity contribution >= 4 is 40.1 Å². The number of esters is 1. The first kappa shape index (κ1) is 15.7. The number of ether oxygens (including phenoxy) is 1. The minimum Gasteiger partial charge on any atom is -0.450 e. The van der Waals surface area contributed by atoms with Gasteiger partial charge in [-0.2, -0.15) is 0 Å². The van der Waals surface area contributed by atoms with Crippen molar-refractivity contribution in [1.82, 2.24) is 0 Å². The van der Waals surface area contributed by atoms with Crippen LogP contribution in [0.1, 0.15) is 16.1 Å². The first-order chi connectivity index (χ1) is 12.1. The van der Waals surface area contributed by atoms with Crippen molar-refractivity contribution in [2.24, 2.45) is 0 Å². The molecule has 4 rings (SSSR count). The van der Waals surface area contributed by atoms with Gasteiger partial charge in [0.1, 0.15) is 5.58 Å². The molecule has 1 amide bonds. The van der Waals surface area contributed by atoms with Crippen LogP contribution in [0.25, 0.3) is 11.0 Å². The van der Waals surface area contributed by atoms with E-state index in [1.807, 2.05) is 24.3 Å². The van der Waals surface area contributed by atoms with Crippen molar-refractivity contribution in [3.8, 4) is 0 Å². The average Bonchev–Trinajstić information content (AvgIpc) is 3.23. The third-order valence-electron chi connectivity index (χ3n) is 4.19. The number of carbonyl (C=O) groups excluding carboxylic acids is 2. The fourth-order valence-electron chi connectivity index (χ4n) is 2.99. The van der Waals surface area contributed by atoms with Crippen LogP contribution in [-0.4, -0.2) is 25.0 Å². The average molecular weight is 356 g/mol. The SMILES string of the molecule is O=C(OCC(=O)N1CCc2ccccc21)c1cc2cc(Cl)ccc2o1. The molecule has 126 valence electrons. The van der Waals surface area contributed by atoms with E-state index in [0.717, 1.165) is 17.7 Å². The smallest absolute Gasteiger partial charge is 0.374 e. The van der Waals surface area contributed by atoms with Crippen molar-refractivity contribution in [2.45, 2.75) is 6.42 Å². The molecule has 0 aliphatic carbocycles. The molecule has 0 radical (unpaired) electrons. The number of amides is 1. The number of furan rings is 1. The molecule has 0 saturated heterocycles. The summed E-state index contributed by atoms with van der Waals surface area (Å²) in [6, 6.07) is 14.3. The molecular weight excluding hydrogens is 342 g/mol. The van der Waals surface area contributed by atoms with Gasteiger partial charge in [-0.1, -0.05) is 29.8 Å². The third kappa shape index (κ3) is 2.98. The van der Waals surface area contributed by atoms with E-state index in [1.165, 1.54) is 0 Å². The Morgan fingerprint density at radius 3 is 2.88 bits per heavy atom. The van der Waals surface area contributed by atoms with Crippen molar-refractivity contribution in [2.75, 3.05) is 18.1 Å². The van der Waals surface area contributed by atoms with Gasteiger partial charge >= 0.3 is 5.97 Å². The first-order valence-electron chi connectivity index (χ1n) is 7.86. The molecule has 1 aliphatic heterocycles. The third-order valence-corrected chi connectivity index (χ3v) is 4.43. The molecule has 25 heavy (non-hydrogen) atoms. The van der Waals surface area contributed by atoms with Crippen molar-refractivity contribution in [3.05, 3.63) is 64.9 Å². The molecule has 0 atom stereocenters. The second-order valence-corrected chi connectivity index (χ2v) is 6.23. The van der Waals surface area contributed by atoms with Crippen LogP contribution in [0, 0.1) is 0 Å². The standard InChI is InChI=1S/C19H14ClNO4/c20-14-5-6-16-13(9-14)10-17(25-16)19(23)24-11-18(22)21-8-7-12-3-1-2-4-15(12)21/h1-6,9-10H,7-8,11H2. The van der Waals surface area contributed by atoms with Gasteiger partial charge in [-0.05, 0) is 42.3 Å². The van der Waals surface area contributed by atoms with E-state index < -0.39 is 5.97 Å². The van der Waals surface area contributed by atoms with E-state index in [0.29, 0.717) is 22.5 Å². The largest absolute Gasteiger partial charge is 0.450 e. The number of benzene rings is 2. The van der Waals surface area contributed by atoms with Crippen LogP contribution in [0.5, 0.6) is 0 Å². The zero-order chi connectivity index (χ0) is 17.4. The Morgan fingerprint density at radius 1 is 1.16 bits per heavy atom. The second-order valence-electron chi connectivity index (χ2n) is 5.79. The number of nitrogens with zero attached hydrogens (tertiary/aromatic N) is 1. The molecule has 5 nitrogen and oxygen atoms in total. The summed E-state index contributed by atoms with van der Waals surface area (Å²) in [5, 5.41) is 1.26. The van der Waals surface area contributed by atoms with Gasteiger partial charge in [0.05, 0.1) is 0 Å². The normalized spacial score (nSPS) is 13.1. The summed E-state index contributed by atoms with van der Waals surface area (Å²) in [6.07, 6.45) is 0.806. The molecule has 0 spiro atoms. The van der Waals surface area contributed by atoms with Crippen LogP contribution in [0.4, 0.5) is 5.69 Å². The number of carbonyl (C=O) groups is 2. The summed E-state index contributed by atoms with van der Waals surface area (Å²) in [4.78, 5) is 26.1. The number of hydrogen-bond acceptors (Lipinski definition) is 4. The van der Waals surface area contributed by atoms with Gasteiger partial charge in [0.25, 0.3) is 5.91 Å². The summed E-state index contributed by atoms with van der Waals surface area (Å²) < 4.78 is 10.6. The van der Waals surface area contributed by atoms with E-state index in [4.69, 9.17) is 20.8 Å². The number of fused-ring (bicyclic) bond motifs is 2. The van der Waals surface area contributed by atoms with Gasteiger partial charge in [0, 0.05) is 22.6 Å². The minimum atomic E-state index is -0.673. The molecule has 2 aromatic carbocycles. The molecule has 1 aromatic heterocycles. The lowest BCUT2D eigenvalue weighted by Crippen LogP contribution is -2.33. The van der Waals surface area contributed by atoms with E-state index in [1.54, 1.807) is 29.2 Å². The van der Waals surface area contributed by atoms with Gasteiger partial charge in [0.15, 0.2) is 6.61 Å². The zero-order valence-corrected chi connectivity index (χ0v) is 14.0. The molecular formula is C19H14ClNO4. The fourth-order valence-corrected chi connectivity index (χ4v) is 3.17. The first-order valence-corrected chi connectivity index (χ1v) is 8.24. The highest BCUT2D eigenvalue weighted by Crippen LogP contribution is 2.27. The van der Waals surface area contributed by atoms with Gasteiger partial charge < -0.3 is 14.1 Å². The predicted octanol–water partition coefficient (Wildman–Crippen LogP) is 3.83. The summed E-state index contributed by atoms with van der Waals surface area (Å²) in [7, 11) is 0. The highest BCUT2D eigenvalue weighted by Gasteiger charge is 2.25. The molecule has 0 fully saturated rings. The molecule has 0 bridgehead atoms. The maximum atomic E-state index is 12.4. The van der Waals surface area contributed by atoms with E-state index in [2.05, 4.69) is 0 Å². The lowest BCUT2D eigenvalue weighted by Gasteiger charge is -2.16. The Bertz CT molecular complexity index is 978. The highest BCUT2D eigenvalue weighted by molar-refractivity contribution is 6.31. The minimum absolute atomic E-state index is 0.0480. The van der Waals surface area contributed by atoms with Gasteiger partial charge in [-0.15, -0.1) is 0 Å². The zero-order valence-electron chi connectivity index (χ0n) is 13.2. The Labute approximate surface area is 148 Å². The monoisotopic (exact) mass is 355 g/mol. The van der Waals surface area contributed by atoms with E-state index in [9.17, 15) is 9.59 Å². The van der Waals surface area contributed by atoms with Crippen LogP contribution in [-0.2, 0) is 16.0 Å². The Kier molecular flexibility index (Phi) is 3.93. The second kappa shape index (κ2) is 6.26. The van der Waals surface area contributed by atoms with E-state index in [-0.39, 0.29) is 18.3 Å². The Morgan fingerprint density at radius 2 is 2.00 bits per heavy atom. The summed E-state index contributed by atoms with van der Waals surface area (Å²) in [5.41, 5.74) is 2.54. The summed E-state index contributed by atoms with van der Waals surface area (Å²) in [6.45, 7) is 0.268. The van der Waals surface area contributed by atoms with Crippen molar-refractivity contribution in [1.29, 1.82) is 0 Å². The van der Waals surface area contributed by atoms with Crippen molar-refractivity contribution in [3.63, 3.8) is 0 Å². The topological polar surface area (TPSA) is 59.8 Å². The fraction of sp³-hybridized carbons (Fsp3) is 0.158. The quantitative estimate of drug-likeness (QED) is 0.670. The van der Waals surface area contributed by atoms with Gasteiger partial charge in [0.2, 0.25) is 5.76 Å². The van der Waals surface area contributed by atoms with Gasteiger partial charge in [-0.3, -0.25) is 4.79 Å². The molecule has 3 aromatic rings. The highest BCUT2D eigenvalue weighted by atomic mass is 35.5. The predicted molar refractivity (Wildman–Crippen MR) is 94.0 cm³/mol. The maximum absolute atomic E-state index is 12.4. The number of halogens is 1. The maximum Gasteiger partial charge on any atom is 0.374 e. The molecule has 6 heteroatoms. The van der Waals surface area contributed by atoms with Crippen LogP contribution in [0.3, 0.4) is 0 Å². The molecule has 2 heterocycles. The Balaban J connectivity index is 1.44. The lowest BCUT2D eigenvalue weighted by atomic mass is 10.2. The molecule has 0 saturated carbocycles. The number of anilines is 1. The van der Waals surface area contributed by atoms with Crippen molar-refractivity contribution < 1.29 is 18.7 Å². The van der Waals surface area contributed by atoms with Crippen LogP contribution < -0.4 is 4.90 Å². The number of rotatable bonds is 3. The lowest BCUT2D eigenvalue weighted by molar-refractivity contribution is -0.121. The van der Waals surface area contributed by atoms with Gasteiger partial charge in [-0.25, -0.2) is 4.79 Å². The summed E-state index contributed by atoms with van der Waals surface area (Å²) >= 11 is 5.92. The molecule has 0 unspecified atom stereocenters. The number of para-hydroxylation sites is 1. The molecule has 1 aliphatic rings. The summed E-state index contributed by atoms with van der Waals surface area (Å²) in [5.74, 6) is -0.877. The number of hydrogen-bond donors (Lipinski definition) is 0.